The van der Waals surface area contributed by atoms with Crippen LogP contribution in [0.15, 0.2) is 65.7 Å². The van der Waals surface area contributed by atoms with Gasteiger partial charge in [-0.3, -0.25) is 9.59 Å². The number of Topliss-reactive ketones (excluding diaryl/α,β-unsaturated/α-hetero) is 1. The summed E-state index contributed by atoms with van der Waals surface area (Å²) in [5.41, 5.74) is 7.66. The van der Waals surface area contributed by atoms with E-state index in [2.05, 4.69) is 38.9 Å². The van der Waals surface area contributed by atoms with Crippen molar-refractivity contribution < 1.29 is 37.8 Å². The van der Waals surface area contributed by atoms with Gasteiger partial charge in [0.2, 0.25) is 5.96 Å². The number of unbranched alkanes of at least 4 members (excludes halogenated alkanes) is 4. The molecule has 0 saturated heterocycles. The lowest BCUT2D eigenvalue weighted by atomic mass is 10.1. The van der Waals surface area contributed by atoms with Crippen molar-refractivity contribution >= 4 is 38.2 Å². The zero-order valence-corrected chi connectivity index (χ0v) is 30.2. The molecule has 2 amide bonds. The first-order chi connectivity index (χ1) is 22.8. The number of guanidine groups is 1. The van der Waals surface area contributed by atoms with E-state index in [4.69, 9.17) is 24.4 Å². The first kappa shape index (κ1) is 40.1. The molecule has 2 N–H and O–H groups in total. The van der Waals surface area contributed by atoms with Crippen LogP contribution >= 0.6 is 0 Å². The maximum Gasteiger partial charge on any atom is 0.437 e. The lowest BCUT2D eigenvalue weighted by Crippen LogP contribution is -2.43. The Morgan fingerprint density at radius 2 is 1.31 bits per heavy atom. The Kier molecular flexibility index (Phi) is 17.6. The number of hydrogen-bond donors (Lipinski definition) is 1. The molecule has 0 atom stereocenters. The Bertz CT molecular complexity index is 1310. The predicted molar refractivity (Wildman–Crippen MR) is 188 cm³/mol. The summed E-state index contributed by atoms with van der Waals surface area (Å²) in [5.74, 6) is -0.958. The quantitative estimate of drug-likeness (QED) is 0.0302. The summed E-state index contributed by atoms with van der Waals surface area (Å²) in [4.78, 5) is 54.4. The van der Waals surface area contributed by atoms with Crippen molar-refractivity contribution in [3.05, 3.63) is 71.8 Å². The highest BCUT2D eigenvalue weighted by atomic mass is 28.4. The number of carbonyl (C=O) groups is 4. The van der Waals surface area contributed by atoms with Crippen LogP contribution in [0.25, 0.3) is 0 Å². The molecule has 2 aromatic rings. The topological polar surface area (TPSA) is 147 Å². The fourth-order valence-corrected chi connectivity index (χ4v) is 5.29. The van der Waals surface area contributed by atoms with Gasteiger partial charge < -0.3 is 24.4 Å². The minimum atomic E-state index is -1.85. The van der Waals surface area contributed by atoms with Crippen molar-refractivity contribution in [2.45, 2.75) is 103 Å². The molecule has 0 aromatic heterocycles. The summed E-state index contributed by atoms with van der Waals surface area (Å²) in [7, 11) is -1.85. The largest absolute Gasteiger partial charge is 0.465 e. The zero-order valence-electron chi connectivity index (χ0n) is 29.2. The van der Waals surface area contributed by atoms with Gasteiger partial charge in [-0.05, 0) is 48.5 Å². The van der Waals surface area contributed by atoms with Gasteiger partial charge in [-0.25, -0.2) is 14.5 Å². The van der Waals surface area contributed by atoms with E-state index in [1.165, 1.54) is 0 Å². The van der Waals surface area contributed by atoms with E-state index >= 15 is 0 Å². The SMILES string of the molecule is CC(C)(C)[Si](C)(C)OCCCC(=O)CC(=O)OCCCCCCCN(C(=O)OCc1ccccc1)/C(N)=N/C(=O)OCc1ccccc1. The minimum absolute atomic E-state index is 0.0214. The minimum Gasteiger partial charge on any atom is -0.465 e. The smallest absolute Gasteiger partial charge is 0.437 e. The van der Waals surface area contributed by atoms with Crippen LogP contribution in [-0.4, -0.2) is 62.9 Å². The van der Waals surface area contributed by atoms with Crippen LogP contribution in [0, 0.1) is 0 Å². The second kappa shape index (κ2) is 21.0. The highest BCUT2D eigenvalue weighted by Gasteiger charge is 2.36. The molecule has 0 fully saturated rings. The van der Waals surface area contributed by atoms with Crippen LogP contribution in [0.2, 0.25) is 18.1 Å². The standard InChI is InChI=1S/C36H53N3O8Si/c1-36(2,3)48(4,5)47-25-17-22-31(40)26-32(41)44-24-16-8-6-7-15-23-39(35(43)46-28-30-20-13-10-14-21-30)33(37)38-34(42)45-27-29-18-11-9-12-19-29/h9-14,18-21H,6-8,15-17,22-28H2,1-5H3,(H2,37,38,42). The van der Waals surface area contributed by atoms with Crippen LogP contribution in [-0.2, 0) is 41.4 Å². The number of hydrogen-bond acceptors (Lipinski definition) is 8. The highest BCUT2D eigenvalue weighted by Crippen LogP contribution is 2.36. The summed E-state index contributed by atoms with van der Waals surface area (Å²) >= 11 is 0. The maximum atomic E-state index is 12.9. The molecular weight excluding hydrogens is 630 g/mol. The van der Waals surface area contributed by atoms with Crippen molar-refractivity contribution in [2.75, 3.05) is 19.8 Å². The van der Waals surface area contributed by atoms with E-state index in [1.54, 1.807) is 0 Å². The van der Waals surface area contributed by atoms with Crippen LogP contribution in [0.1, 0.15) is 83.3 Å². The number of ether oxygens (including phenoxy) is 3. The molecule has 12 heteroatoms. The zero-order chi connectivity index (χ0) is 35.4. The Labute approximate surface area is 286 Å². The molecule has 2 rings (SSSR count). The number of nitrogens with zero attached hydrogens (tertiary/aromatic N) is 2. The third kappa shape index (κ3) is 16.2. The number of aliphatic imine (C=N–C) groups is 1. The number of esters is 1. The van der Waals surface area contributed by atoms with Crippen LogP contribution in [0.5, 0.6) is 0 Å². The monoisotopic (exact) mass is 683 g/mol. The van der Waals surface area contributed by atoms with Crippen molar-refractivity contribution in [1.82, 2.24) is 4.90 Å². The first-order valence-corrected chi connectivity index (χ1v) is 19.5. The molecule has 0 unspecified atom stereocenters. The second-order valence-corrected chi connectivity index (χ2v) is 17.9. The third-order valence-corrected chi connectivity index (χ3v) is 12.7. The molecular formula is C36H53N3O8Si. The highest BCUT2D eigenvalue weighted by molar-refractivity contribution is 6.74. The summed E-state index contributed by atoms with van der Waals surface area (Å²) in [6, 6.07) is 18.4. The molecule has 264 valence electrons. The van der Waals surface area contributed by atoms with Gasteiger partial charge in [-0.15, -0.1) is 4.99 Å². The van der Waals surface area contributed by atoms with Crippen LogP contribution in [0.3, 0.4) is 0 Å². The number of carbonyl (C=O) groups excluding carboxylic acids is 4. The van der Waals surface area contributed by atoms with Crippen LogP contribution in [0.4, 0.5) is 9.59 Å². The molecule has 0 aliphatic heterocycles. The van der Waals surface area contributed by atoms with E-state index in [-0.39, 0.29) is 49.6 Å². The molecule has 0 heterocycles. The first-order valence-electron chi connectivity index (χ1n) is 16.6. The Morgan fingerprint density at radius 3 is 1.92 bits per heavy atom. The number of nitrogens with two attached hydrogens (primary N) is 1. The van der Waals surface area contributed by atoms with Crippen molar-refractivity contribution in [3.63, 3.8) is 0 Å². The number of ketones is 1. The lowest BCUT2D eigenvalue weighted by molar-refractivity contribution is -0.146. The normalized spacial score (nSPS) is 11.9. The molecule has 0 radical (unpaired) electrons. The van der Waals surface area contributed by atoms with E-state index in [1.807, 2.05) is 60.7 Å². The van der Waals surface area contributed by atoms with Gasteiger partial charge in [0.1, 0.15) is 25.4 Å². The molecule has 0 aliphatic carbocycles. The third-order valence-electron chi connectivity index (χ3n) is 8.11. The van der Waals surface area contributed by atoms with Gasteiger partial charge in [0.15, 0.2) is 8.32 Å². The molecule has 48 heavy (non-hydrogen) atoms. The average molecular weight is 684 g/mol. The molecule has 0 aliphatic rings. The maximum absolute atomic E-state index is 12.9. The van der Waals surface area contributed by atoms with Crippen molar-refractivity contribution in [3.8, 4) is 0 Å². The molecule has 0 bridgehead atoms. The Hall–Kier alpha value is -4.03. The number of benzene rings is 2. The van der Waals surface area contributed by atoms with E-state index in [9.17, 15) is 19.2 Å². The molecule has 2 aromatic carbocycles. The second-order valence-electron chi connectivity index (χ2n) is 13.1. The molecule has 11 nitrogen and oxygen atoms in total. The Balaban J connectivity index is 1.70. The van der Waals surface area contributed by atoms with Gasteiger partial charge >= 0.3 is 18.2 Å². The van der Waals surface area contributed by atoms with Crippen molar-refractivity contribution in [2.24, 2.45) is 10.7 Å². The van der Waals surface area contributed by atoms with Gasteiger partial charge in [0.05, 0.1) is 6.61 Å². The summed E-state index contributed by atoms with van der Waals surface area (Å²) in [6.07, 6.45) is 2.61. The van der Waals surface area contributed by atoms with Gasteiger partial charge in [-0.2, -0.15) is 0 Å². The summed E-state index contributed by atoms with van der Waals surface area (Å²) < 4.78 is 21.9. The fraction of sp³-hybridized carbons (Fsp3) is 0.528. The van der Waals surface area contributed by atoms with E-state index in [0.717, 1.165) is 35.3 Å². The predicted octanol–water partition coefficient (Wildman–Crippen LogP) is 7.53. The van der Waals surface area contributed by atoms with E-state index < -0.39 is 26.5 Å². The number of amides is 2. The summed E-state index contributed by atoms with van der Waals surface area (Å²) in [5, 5.41) is 0.112. The van der Waals surface area contributed by atoms with Gasteiger partial charge in [0, 0.05) is 19.6 Å². The lowest BCUT2D eigenvalue weighted by Gasteiger charge is -2.36. The van der Waals surface area contributed by atoms with Gasteiger partial charge in [-0.1, -0.05) is 101 Å². The Morgan fingerprint density at radius 1 is 0.750 bits per heavy atom. The van der Waals surface area contributed by atoms with E-state index in [0.29, 0.717) is 32.3 Å². The molecule has 0 spiro atoms. The fourth-order valence-electron chi connectivity index (χ4n) is 4.20. The molecule has 0 saturated carbocycles. The van der Waals surface area contributed by atoms with Gasteiger partial charge in [0.25, 0.3) is 0 Å². The number of rotatable bonds is 19. The van der Waals surface area contributed by atoms with Crippen molar-refractivity contribution in [1.29, 1.82) is 0 Å². The van der Waals surface area contributed by atoms with Crippen LogP contribution < -0.4 is 5.73 Å². The average Bonchev–Trinajstić information content (AvgIpc) is 3.04. The summed E-state index contributed by atoms with van der Waals surface area (Å²) in [6.45, 7) is 11.9.